The third kappa shape index (κ3) is 11.2. The molecule has 0 saturated heterocycles. The summed E-state index contributed by atoms with van der Waals surface area (Å²) in [6.45, 7) is 3.44. The number of nitrogens with two attached hydrogens (primary N) is 2. The highest BCUT2D eigenvalue weighted by atomic mass is 32.2. The van der Waals surface area contributed by atoms with Crippen molar-refractivity contribution >= 4 is 46.5 Å². The van der Waals surface area contributed by atoms with Crippen molar-refractivity contribution in [2.45, 2.75) is 37.5 Å². The number of ether oxygens (including phenoxy) is 3. The fourth-order valence-corrected chi connectivity index (χ4v) is 4.53. The zero-order valence-corrected chi connectivity index (χ0v) is 25.3. The molecule has 3 aromatic carbocycles. The molecule has 0 saturated carbocycles. The molecule has 4 aromatic rings. The Morgan fingerprint density at radius 3 is 1.93 bits per heavy atom. The summed E-state index contributed by atoms with van der Waals surface area (Å²) in [4.78, 5) is 19.5. The van der Waals surface area contributed by atoms with Crippen molar-refractivity contribution in [3.63, 3.8) is 0 Å². The zero-order valence-electron chi connectivity index (χ0n) is 24.4. The molecule has 0 bridgehead atoms. The Balaban J connectivity index is 0.000000248. The second-order valence-electron chi connectivity index (χ2n) is 9.36. The summed E-state index contributed by atoms with van der Waals surface area (Å²) in [7, 11) is 1.32. The molecule has 8 N–H and O–H groups in total. The number of amidine groups is 2. The van der Waals surface area contributed by atoms with Crippen molar-refractivity contribution in [3.05, 3.63) is 77.9 Å². The Labute approximate surface area is 255 Å². The first-order valence-electron chi connectivity index (χ1n) is 13.9. The van der Waals surface area contributed by atoms with Gasteiger partial charge in [0.1, 0.15) is 23.2 Å². The van der Waals surface area contributed by atoms with Crippen molar-refractivity contribution in [2.24, 2.45) is 11.5 Å². The molecule has 0 aliphatic carbocycles. The number of hydrogen-bond acceptors (Lipinski definition) is 8. The summed E-state index contributed by atoms with van der Waals surface area (Å²) in [6.07, 6.45) is 3.51. The van der Waals surface area contributed by atoms with Crippen molar-refractivity contribution in [2.75, 3.05) is 31.4 Å². The van der Waals surface area contributed by atoms with Gasteiger partial charge >= 0.3 is 6.09 Å². The van der Waals surface area contributed by atoms with E-state index >= 15 is 0 Å². The molecule has 43 heavy (non-hydrogen) atoms. The van der Waals surface area contributed by atoms with Crippen LogP contribution in [0.25, 0.3) is 11.0 Å². The van der Waals surface area contributed by atoms with Gasteiger partial charge in [-0.2, -0.15) is 0 Å². The van der Waals surface area contributed by atoms with E-state index in [2.05, 4.69) is 26.9 Å². The molecule has 4 rings (SSSR count). The van der Waals surface area contributed by atoms with Crippen LogP contribution in [0, 0.1) is 10.8 Å². The largest absolute Gasteiger partial charge is 0.494 e. The van der Waals surface area contributed by atoms with Crippen LogP contribution in [0.1, 0.15) is 43.7 Å². The first-order valence-corrected chi connectivity index (χ1v) is 14.9. The van der Waals surface area contributed by atoms with Crippen LogP contribution in [-0.2, 0) is 4.74 Å². The highest BCUT2D eigenvalue weighted by Gasteiger charge is 2.07. The van der Waals surface area contributed by atoms with E-state index in [9.17, 15) is 4.79 Å². The number of nitrogens with one attached hydrogen (secondary N) is 4. The SMILES string of the molecule is CCCSc1ccc2nc(NC(=O)OC)[nH]c2c1.N=C(N)c1ccc(OCCCCCOc2ccc(C(=N)N)cc2)cc1. The van der Waals surface area contributed by atoms with E-state index in [4.69, 9.17) is 31.8 Å². The third-order valence-corrected chi connectivity index (χ3v) is 7.19. The number of carbonyl (C=O) groups is 1. The minimum absolute atomic E-state index is 0.0579. The number of thioether (sulfide) groups is 1. The Morgan fingerprint density at radius 1 is 0.884 bits per heavy atom. The van der Waals surface area contributed by atoms with Gasteiger partial charge in [0, 0.05) is 16.0 Å². The van der Waals surface area contributed by atoms with Gasteiger partial charge in [0.05, 0.1) is 31.4 Å². The van der Waals surface area contributed by atoms with Crippen LogP contribution in [0.3, 0.4) is 0 Å². The standard InChI is InChI=1S/C19H24N4O2.C12H15N3O2S/c20-18(21)14-4-8-16(9-5-14)24-12-2-1-3-13-25-17-10-6-15(7-11-17)19(22)23;1-3-6-18-8-4-5-9-10(7-8)14-11(13-9)15-12(16)17-2/h4-11H,1-3,12-13H2,(H3,20,21)(H3,22,23);4-5,7H,3,6H2,1-2H3,(H2,13,14,15,16). The average molecular weight is 606 g/mol. The summed E-state index contributed by atoms with van der Waals surface area (Å²) < 4.78 is 15.8. The molecule has 1 aromatic heterocycles. The molecule has 0 spiro atoms. The van der Waals surface area contributed by atoms with Gasteiger partial charge in [-0.05, 0) is 98.2 Å². The van der Waals surface area contributed by atoms with Gasteiger partial charge in [-0.3, -0.25) is 16.1 Å². The van der Waals surface area contributed by atoms with Gasteiger partial charge in [-0.1, -0.05) is 6.92 Å². The molecule has 0 aliphatic heterocycles. The molecule has 11 nitrogen and oxygen atoms in total. The van der Waals surface area contributed by atoms with E-state index in [0.717, 1.165) is 54.0 Å². The molecule has 1 amide bonds. The lowest BCUT2D eigenvalue weighted by molar-refractivity contribution is 0.186. The van der Waals surface area contributed by atoms with Gasteiger partial charge in [0.2, 0.25) is 5.95 Å². The summed E-state index contributed by atoms with van der Waals surface area (Å²) >= 11 is 1.80. The predicted octanol–water partition coefficient (Wildman–Crippen LogP) is 6.13. The fourth-order valence-electron chi connectivity index (χ4n) is 3.73. The van der Waals surface area contributed by atoms with Crippen molar-refractivity contribution in [1.82, 2.24) is 9.97 Å². The van der Waals surface area contributed by atoms with Crippen LogP contribution >= 0.6 is 11.8 Å². The van der Waals surface area contributed by atoms with E-state index in [-0.39, 0.29) is 11.7 Å². The monoisotopic (exact) mass is 605 g/mol. The molecule has 1 heterocycles. The Bertz CT molecular complexity index is 1410. The smallest absolute Gasteiger partial charge is 0.413 e. The van der Waals surface area contributed by atoms with Crippen LogP contribution in [0.4, 0.5) is 10.7 Å². The van der Waals surface area contributed by atoms with Crippen molar-refractivity contribution < 1.29 is 19.0 Å². The van der Waals surface area contributed by atoms with Crippen molar-refractivity contribution in [1.29, 1.82) is 10.8 Å². The number of amides is 1. The third-order valence-electron chi connectivity index (χ3n) is 5.99. The maximum Gasteiger partial charge on any atom is 0.413 e. The lowest BCUT2D eigenvalue weighted by atomic mass is 10.2. The number of rotatable bonds is 14. The number of aromatic nitrogens is 2. The highest BCUT2D eigenvalue weighted by molar-refractivity contribution is 7.99. The summed E-state index contributed by atoms with van der Waals surface area (Å²) in [5, 5.41) is 17.2. The van der Waals surface area contributed by atoms with Crippen LogP contribution in [-0.4, -0.2) is 53.8 Å². The number of imidazole rings is 1. The molecule has 0 aliphatic rings. The van der Waals surface area contributed by atoms with E-state index in [1.165, 1.54) is 12.0 Å². The number of carbonyl (C=O) groups excluding carboxylic acids is 1. The quantitative estimate of drug-likeness (QED) is 0.0429. The zero-order chi connectivity index (χ0) is 31.0. The number of fused-ring (bicyclic) bond motifs is 1. The minimum Gasteiger partial charge on any atom is -0.494 e. The number of methoxy groups -OCH3 is 1. The lowest BCUT2D eigenvalue weighted by Crippen LogP contribution is -2.11. The van der Waals surface area contributed by atoms with E-state index < -0.39 is 6.09 Å². The number of nitrogen functional groups attached to an aromatic ring is 2. The molecular weight excluding hydrogens is 566 g/mol. The topological polar surface area (TPSA) is 185 Å². The van der Waals surface area contributed by atoms with E-state index in [0.29, 0.717) is 30.3 Å². The van der Waals surface area contributed by atoms with Crippen LogP contribution < -0.4 is 26.3 Å². The van der Waals surface area contributed by atoms with Crippen LogP contribution in [0.2, 0.25) is 0 Å². The molecular formula is C31H39N7O4S. The predicted molar refractivity (Wildman–Crippen MR) is 173 cm³/mol. The van der Waals surface area contributed by atoms with Crippen LogP contribution in [0.15, 0.2) is 71.6 Å². The summed E-state index contributed by atoms with van der Waals surface area (Å²) in [5.74, 6) is 3.17. The average Bonchev–Trinajstić information content (AvgIpc) is 3.41. The van der Waals surface area contributed by atoms with Gasteiger partial charge in [-0.25, -0.2) is 9.78 Å². The Kier molecular flexibility index (Phi) is 13.2. The molecule has 0 fully saturated rings. The normalized spacial score (nSPS) is 10.4. The summed E-state index contributed by atoms with van der Waals surface area (Å²) in [5.41, 5.74) is 13.9. The summed E-state index contributed by atoms with van der Waals surface area (Å²) in [6, 6.07) is 20.4. The van der Waals surface area contributed by atoms with Crippen LogP contribution in [0.5, 0.6) is 11.5 Å². The fraction of sp³-hybridized carbons (Fsp3) is 0.290. The number of H-pyrrole nitrogens is 1. The van der Waals surface area contributed by atoms with E-state index in [1.807, 2.05) is 42.5 Å². The second-order valence-corrected chi connectivity index (χ2v) is 10.5. The van der Waals surface area contributed by atoms with Gasteiger partial charge in [-0.15, -0.1) is 11.8 Å². The maximum atomic E-state index is 11.1. The van der Waals surface area contributed by atoms with Gasteiger partial charge in [0.15, 0.2) is 0 Å². The number of anilines is 1. The number of nitrogens with zero attached hydrogens (tertiary/aromatic N) is 1. The number of benzene rings is 3. The Morgan fingerprint density at radius 2 is 1.44 bits per heavy atom. The molecule has 0 unspecified atom stereocenters. The molecule has 228 valence electrons. The molecule has 12 heteroatoms. The number of aromatic amines is 1. The highest BCUT2D eigenvalue weighted by Crippen LogP contribution is 2.24. The molecule has 0 atom stereocenters. The molecule has 0 radical (unpaired) electrons. The number of unbranched alkanes of at least 4 members (excludes halogenated alkanes) is 2. The minimum atomic E-state index is -0.533. The first-order chi connectivity index (χ1) is 20.8. The van der Waals surface area contributed by atoms with E-state index in [1.54, 1.807) is 36.0 Å². The Hall–Kier alpha value is -4.71. The lowest BCUT2D eigenvalue weighted by Gasteiger charge is -2.08. The maximum absolute atomic E-state index is 11.1. The van der Waals surface area contributed by atoms with Gasteiger partial charge < -0.3 is 30.7 Å². The van der Waals surface area contributed by atoms with Crippen molar-refractivity contribution in [3.8, 4) is 11.5 Å². The second kappa shape index (κ2) is 17.3. The number of hydrogen-bond donors (Lipinski definition) is 6. The first kappa shape index (κ1) is 32.8. The van der Waals surface area contributed by atoms with Gasteiger partial charge in [0.25, 0.3) is 0 Å².